The number of aryl methyl sites for hydroxylation is 4. The fourth-order valence-electron chi connectivity index (χ4n) is 14.1. The van der Waals surface area contributed by atoms with Crippen LogP contribution in [0, 0.1) is 27.7 Å². The lowest BCUT2D eigenvalue weighted by molar-refractivity contribution is 0.590. The van der Waals surface area contributed by atoms with Gasteiger partial charge in [0, 0.05) is 55.7 Å². The molecule has 0 unspecified atom stereocenters. The summed E-state index contributed by atoms with van der Waals surface area (Å²) < 4.78 is 2.58. The summed E-state index contributed by atoms with van der Waals surface area (Å²) in [6.07, 6.45) is 0. The van der Waals surface area contributed by atoms with Crippen molar-refractivity contribution in [1.82, 2.24) is 4.40 Å². The molecule has 0 amide bonds. The maximum Gasteiger partial charge on any atom is 0.0620 e. The Morgan fingerprint density at radius 1 is 0.253 bits per heavy atom. The largest absolute Gasteiger partial charge is 0.310 e. The molecule has 0 saturated heterocycles. The summed E-state index contributed by atoms with van der Waals surface area (Å²) in [6, 6.07) is 109. The molecule has 2 aromatic heterocycles. The molecule has 0 fully saturated rings. The smallest absolute Gasteiger partial charge is 0.0620 e. The Morgan fingerprint density at radius 2 is 0.571 bits per heavy atom. The minimum Gasteiger partial charge on any atom is -0.310 e. The highest BCUT2D eigenvalue weighted by molar-refractivity contribution is 6.27. The quantitative estimate of drug-likeness (QED) is 0.128. The first kappa shape index (κ1) is 55.3. The summed E-state index contributed by atoms with van der Waals surface area (Å²) >= 11 is 0. The van der Waals surface area contributed by atoms with E-state index >= 15 is 0 Å². The summed E-state index contributed by atoms with van der Waals surface area (Å²) in [5.41, 5.74) is 28.5. The number of aromatic nitrogens is 1. The molecule has 3 heteroatoms. The second-order valence-corrected chi connectivity index (χ2v) is 26.0. The van der Waals surface area contributed by atoms with Gasteiger partial charge in [-0.1, -0.05) is 227 Å². The van der Waals surface area contributed by atoms with Gasteiger partial charge < -0.3 is 14.2 Å². The van der Waals surface area contributed by atoms with Gasteiger partial charge in [-0.05, 0) is 223 Å². The van der Waals surface area contributed by atoms with Crippen LogP contribution in [0.2, 0.25) is 0 Å². The van der Waals surface area contributed by atoms with Crippen LogP contribution in [-0.2, 0) is 5.41 Å². The minimum atomic E-state index is 0.0466. The van der Waals surface area contributed by atoms with E-state index in [2.05, 4.69) is 354 Å². The molecule has 0 N–H and O–H groups in total. The average Bonchev–Trinajstić information content (AvgIpc) is 1.54. The van der Waals surface area contributed by atoms with E-state index in [1.165, 1.54) is 143 Å². The molecular formula is C88H69N3. The normalized spacial score (nSPS) is 11.9. The Hall–Kier alpha value is -11.0. The van der Waals surface area contributed by atoms with Gasteiger partial charge >= 0.3 is 0 Å². The lowest BCUT2D eigenvalue weighted by atomic mass is 9.86. The van der Waals surface area contributed by atoms with Crippen molar-refractivity contribution in [3.8, 4) is 55.6 Å². The highest BCUT2D eigenvalue weighted by Gasteiger charge is 2.25. The molecule has 0 aliphatic heterocycles. The number of hydrogen-bond donors (Lipinski definition) is 0. The highest BCUT2D eigenvalue weighted by atomic mass is 15.2. The number of benzene rings is 14. The molecule has 91 heavy (non-hydrogen) atoms. The zero-order valence-corrected chi connectivity index (χ0v) is 52.6. The number of rotatable bonds is 11. The van der Waals surface area contributed by atoms with E-state index in [0.29, 0.717) is 0 Å². The third-order valence-corrected chi connectivity index (χ3v) is 19.1. The van der Waals surface area contributed by atoms with Crippen molar-refractivity contribution >= 4 is 93.8 Å². The third kappa shape index (κ3) is 9.77. The number of fused-ring (bicyclic) bond motifs is 8. The van der Waals surface area contributed by atoms with Gasteiger partial charge in [-0.15, -0.1) is 0 Å². The van der Waals surface area contributed by atoms with Gasteiger partial charge in [0.05, 0.1) is 16.6 Å². The van der Waals surface area contributed by atoms with Crippen molar-refractivity contribution in [2.45, 2.75) is 53.9 Å². The lowest BCUT2D eigenvalue weighted by Crippen LogP contribution is -2.13. The van der Waals surface area contributed by atoms with Crippen LogP contribution in [-0.4, -0.2) is 4.40 Å². The second kappa shape index (κ2) is 21.9. The molecule has 3 nitrogen and oxygen atoms in total. The molecule has 0 atom stereocenters. The molecule has 436 valence electrons. The molecule has 2 heterocycles. The van der Waals surface area contributed by atoms with Crippen molar-refractivity contribution < 1.29 is 0 Å². The van der Waals surface area contributed by atoms with Gasteiger partial charge in [-0.25, -0.2) is 0 Å². The topological polar surface area (TPSA) is 10.9 Å². The van der Waals surface area contributed by atoms with Crippen molar-refractivity contribution in [3.63, 3.8) is 0 Å². The van der Waals surface area contributed by atoms with Crippen LogP contribution in [0.25, 0.3) is 115 Å². The van der Waals surface area contributed by atoms with Crippen molar-refractivity contribution in [2.75, 3.05) is 9.80 Å². The Morgan fingerprint density at radius 3 is 0.901 bits per heavy atom. The van der Waals surface area contributed by atoms with Gasteiger partial charge in [-0.3, -0.25) is 0 Å². The van der Waals surface area contributed by atoms with Crippen LogP contribution in [0.5, 0.6) is 0 Å². The molecule has 0 saturated carbocycles. The summed E-state index contributed by atoms with van der Waals surface area (Å²) in [7, 11) is 0. The average molecular weight is 1170 g/mol. The van der Waals surface area contributed by atoms with E-state index in [1.807, 2.05) is 0 Å². The van der Waals surface area contributed by atoms with Crippen LogP contribution < -0.4 is 9.80 Å². The van der Waals surface area contributed by atoms with Crippen LogP contribution in [0.4, 0.5) is 34.1 Å². The van der Waals surface area contributed by atoms with Gasteiger partial charge in [0.15, 0.2) is 0 Å². The SMILES string of the molecule is Cc1ccc(-c2ccccc2)cc1N(c1ccc2cc3c4cc(-c5ccc(C(C)(C)C)cc5)cc5c6cc7ccc(N(c8cc(-c9ccccc9)ccc8C)c8cc(-c9ccccc9)ccc8C)cc7cc6n(c3cc2c1)c45)c1cc(-c2ccccc2)ccc1C. The third-order valence-electron chi connectivity index (χ3n) is 19.1. The fraction of sp³-hybridized carbons (Fsp3) is 0.0909. The summed E-state index contributed by atoms with van der Waals surface area (Å²) in [6.45, 7) is 15.8. The summed E-state index contributed by atoms with van der Waals surface area (Å²) in [5, 5.41) is 9.75. The van der Waals surface area contributed by atoms with Crippen molar-refractivity contribution in [1.29, 1.82) is 0 Å². The molecule has 0 aliphatic carbocycles. The molecule has 0 bridgehead atoms. The van der Waals surface area contributed by atoms with Crippen molar-refractivity contribution in [3.05, 3.63) is 319 Å². The first-order valence-electron chi connectivity index (χ1n) is 31.9. The van der Waals surface area contributed by atoms with Crippen LogP contribution in [0.1, 0.15) is 48.6 Å². The van der Waals surface area contributed by atoms with E-state index < -0.39 is 0 Å². The Kier molecular flexibility index (Phi) is 13.3. The number of anilines is 6. The number of nitrogens with zero attached hydrogens (tertiary/aromatic N) is 3. The Bertz CT molecular complexity index is 4980. The molecule has 16 aromatic rings. The van der Waals surface area contributed by atoms with Gasteiger partial charge in [0.1, 0.15) is 0 Å². The molecule has 0 spiro atoms. The standard InChI is InChI=1S/C88H69N3/c1-56-28-32-67(60-20-12-8-13-21-60)50-81(56)89(82-51-68(33-29-57(82)2)61-22-14-9-15-23-61)75-42-38-65-46-77-79-48-73(64-36-40-74(41-37-64)88(5,6)7)49-80-78-47-66-39-43-76(45-72(66)55-86(78)91(87(79)80)85(77)54-71(65)44-75)90(83-52-69(34-30-58(83)3)62-24-16-10-17-25-62)84-53-70(35-31-59(84)4)63-26-18-11-19-27-63/h8-55H,1-7H3. The van der Waals surface area contributed by atoms with Crippen LogP contribution >= 0.6 is 0 Å². The predicted molar refractivity (Wildman–Crippen MR) is 390 cm³/mol. The van der Waals surface area contributed by atoms with E-state index in [-0.39, 0.29) is 5.41 Å². The maximum atomic E-state index is 2.58. The minimum absolute atomic E-state index is 0.0466. The zero-order valence-electron chi connectivity index (χ0n) is 52.6. The van der Waals surface area contributed by atoms with Gasteiger partial charge in [-0.2, -0.15) is 0 Å². The lowest BCUT2D eigenvalue weighted by Gasteiger charge is -2.30. The first-order valence-corrected chi connectivity index (χ1v) is 31.9. The second-order valence-electron chi connectivity index (χ2n) is 26.0. The molecular weight excluding hydrogens is 1100 g/mol. The zero-order chi connectivity index (χ0) is 61.6. The van der Waals surface area contributed by atoms with Crippen LogP contribution in [0.3, 0.4) is 0 Å². The Labute approximate surface area is 533 Å². The van der Waals surface area contributed by atoms with Gasteiger partial charge in [0.25, 0.3) is 0 Å². The highest BCUT2D eigenvalue weighted by Crippen LogP contribution is 2.49. The van der Waals surface area contributed by atoms with Crippen LogP contribution in [0.15, 0.2) is 291 Å². The maximum absolute atomic E-state index is 2.58. The predicted octanol–water partition coefficient (Wildman–Crippen LogP) is 24.9. The van der Waals surface area contributed by atoms with E-state index in [1.54, 1.807) is 0 Å². The molecule has 14 aromatic carbocycles. The molecule has 0 radical (unpaired) electrons. The monoisotopic (exact) mass is 1170 g/mol. The van der Waals surface area contributed by atoms with E-state index in [9.17, 15) is 0 Å². The summed E-state index contributed by atoms with van der Waals surface area (Å²) in [5.74, 6) is 0. The van der Waals surface area contributed by atoms with E-state index in [0.717, 1.165) is 34.1 Å². The van der Waals surface area contributed by atoms with Gasteiger partial charge in [0.2, 0.25) is 0 Å². The van der Waals surface area contributed by atoms with Crippen molar-refractivity contribution in [2.24, 2.45) is 0 Å². The summed E-state index contributed by atoms with van der Waals surface area (Å²) in [4.78, 5) is 4.99. The first-order chi connectivity index (χ1) is 44.4. The van der Waals surface area contributed by atoms with E-state index in [4.69, 9.17) is 0 Å². The number of hydrogen-bond acceptors (Lipinski definition) is 2. The fourth-order valence-corrected chi connectivity index (χ4v) is 14.1. The molecule has 0 aliphatic rings. The molecule has 16 rings (SSSR count). The Balaban J connectivity index is 0.927.